The van der Waals surface area contributed by atoms with Gasteiger partial charge in [-0.3, -0.25) is 0 Å². The van der Waals surface area contributed by atoms with E-state index in [2.05, 4.69) is 0 Å². The number of esters is 1. The Bertz CT molecular complexity index is 457. The first kappa shape index (κ1) is 13.5. The molecule has 1 rings (SSSR count). The summed E-state index contributed by atoms with van der Waals surface area (Å²) in [5.74, 6) is -0.572. The molecule has 1 aromatic carbocycles. The van der Waals surface area contributed by atoms with Crippen molar-refractivity contribution in [3.8, 4) is 6.07 Å². The van der Waals surface area contributed by atoms with Crippen molar-refractivity contribution in [3.63, 3.8) is 0 Å². The Morgan fingerprint density at radius 2 is 2.00 bits per heavy atom. The number of benzene rings is 1. The smallest absolute Gasteiger partial charge is 0.340 e. The number of rotatable bonds is 2. The summed E-state index contributed by atoms with van der Waals surface area (Å²) < 4.78 is 5.15. The molecule has 3 nitrogen and oxygen atoms in total. The van der Waals surface area contributed by atoms with Gasteiger partial charge in [0.2, 0.25) is 0 Å². The van der Waals surface area contributed by atoms with Gasteiger partial charge in [0.1, 0.15) is 6.07 Å². The van der Waals surface area contributed by atoms with E-state index >= 15 is 0 Å². The van der Waals surface area contributed by atoms with Gasteiger partial charge in [0.25, 0.3) is 0 Å². The minimum atomic E-state index is -0.800. The minimum Gasteiger partial charge on any atom is -0.443 e. The quantitative estimate of drug-likeness (QED) is 0.757. The number of halogens is 1. The zero-order valence-electron chi connectivity index (χ0n) is 10.0. The molecule has 0 N–H and O–H groups in total. The van der Waals surface area contributed by atoms with Crippen LogP contribution in [0.4, 0.5) is 0 Å². The lowest BCUT2D eigenvalue weighted by Crippen LogP contribution is -2.30. The molecule has 0 saturated heterocycles. The van der Waals surface area contributed by atoms with Gasteiger partial charge in [-0.2, -0.15) is 5.26 Å². The van der Waals surface area contributed by atoms with E-state index in [1.165, 1.54) is 0 Å². The van der Waals surface area contributed by atoms with Crippen LogP contribution >= 0.6 is 11.6 Å². The first-order valence-corrected chi connectivity index (χ1v) is 5.59. The van der Waals surface area contributed by atoms with Gasteiger partial charge >= 0.3 is 5.97 Å². The second kappa shape index (κ2) is 5.20. The van der Waals surface area contributed by atoms with Crippen LogP contribution in [0.2, 0.25) is 5.02 Å². The number of nitriles is 1. The minimum absolute atomic E-state index is 0.277. The highest BCUT2D eigenvalue weighted by Crippen LogP contribution is 2.24. The molecule has 0 aliphatic rings. The Morgan fingerprint density at radius 3 is 2.47 bits per heavy atom. The normalized spacial score (nSPS) is 12.6. The van der Waals surface area contributed by atoms with Gasteiger partial charge in [-0.1, -0.05) is 44.5 Å². The molecule has 1 atom stereocenters. The topological polar surface area (TPSA) is 50.1 Å². The van der Waals surface area contributed by atoms with Crippen molar-refractivity contribution in [1.82, 2.24) is 0 Å². The van der Waals surface area contributed by atoms with Gasteiger partial charge in [0, 0.05) is 5.41 Å². The molecule has 4 heteroatoms. The molecule has 0 radical (unpaired) electrons. The third kappa shape index (κ3) is 3.47. The maximum atomic E-state index is 11.8. The van der Waals surface area contributed by atoms with Crippen LogP contribution < -0.4 is 0 Å². The maximum Gasteiger partial charge on any atom is 0.340 e. The van der Waals surface area contributed by atoms with E-state index in [9.17, 15) is 4.79 Å². The largest absolute Gasteiger partial charge is 0.443 e. The van der Waals surface area contributed by atoms with Crippen LogP contribution in [-0.2, 0) is 4.74 Å². The van der Waals surface area contributed by atoms with Crippen molar-refractivity contribution >= 4 is 17.6 Å². The first-order valence-electron chi connectivity index (χ1n) is 5.21. The Kier molecular flexibility index (Phi) is 4.14. The number of nitrogens with zero attached hydrogens (tertiary/aromatic N) is 1. The lowest BCUT2D eigenvalue weighted by molar-refractivity contribution is 0.0173. The number of carbonyl (C=O) groups excluding carboxylic acids is 1. The van der Waals surface area contributed by atoms with Gasteiger partial charge in [0.05, 0.1) is 10.6 Å². The Labute approximate surface area is 106 Å². The fourth-order valence-electron chi connectivity index (χ4n) is 1.19. The van der Waals surface area contributed by atoms with Crippen LogP contribution in [0.3, 0.4) is 0 Å². The predicted octanol–water partition coefficient (Wildman–Crippen LogP) is 3.44. The summed E-state index contributed by atoms with van der Waals surface area (Å²) in [6.07, 6.45) is -0.800. The standard InChI is InChI=1S/C13H14ClNO2/c1-13(2,3)11(8-15)17-12(16)9-6-4-5-7-10(9)14/h4-7,11H,1-3H3/t11-/m1/s1. The predicted molar refractivity (Wildman–Crippen MR) is 65.7 cm³/mol. The van der Waals surface area contributed by atoms with Crippen molar-refractivity contribution in [2.24, 2.45) is 5.41 Å². The fourth-order valence-corrected chi connectivity index (χ4v) is 1.41. The second-order valence-electron chi connectivity index (χ2n) is 4.76. The van der Waals surface area contributed by atoms with Gasteiger partial charge < -0.3 is 4.74 Å². The van der Waals surface area contributed by atoms with Gasteiger partial charge in [-0.15, -0.1) is 0 Å². The molecule has 0 bridgehead atoms. The van der Waals surface area contributed by atoms with Crippen molar-refractivity contribution in [2.45, 2.75) is 26.9 Å². The average Bonchev–Trinajstić information content (AvgIpc) is 2.24. The zero-order valence-corrected chi connectivity index (χ0v) is 10.8. The van der Waals surface area contributed by atoms with E-state index in [4.69, 9.17) is 21.6 Å². The van der Waals surface area contributed by atoms with Crippen molar-refractivity contribution in [3.05, 3.63) is 34.9 Å². The van der Waals surface area contributed by atoms with E-state index < -0.39 is 17.5 Å². The summed E-state index contributed by atoms with van der Waals surface area (Å²) in [6.45, 7) is 5.50. The molecule has 0 unspecified atom stereocenters. The first-order chi connectivity index (χ1) is 7.86. The monoisotopic (exact) mass is 251 g/mol. The Balaban J connectivity index is 2.87. The molecular weight excluding hydrogens is 238 g/mol. The fraction of sp³-hybridized carbons (Fsp3) is 0.385. The second-order valence-corrected chi connectivity index (χ2v) is 5.17. The third-order valence-electron chi connectivity index (χ3n) is 2.22. The molecular formula is C13H14ClNO2. The highest BCUT2D eigenvalue weighted by Gasteiger charge is 2.29. The summed E-state index contributed by atoms with van der Waals surface area (Å²) >= 11 is 5.88. The molecule has 0 aliphatic carbocycles. The Morgan fingerprint density at radius 1 is 1.41 bits per heavy atom. The Hall–Kier alpha value is -1.53. The average molecular weight is 252 g/mol. The number of carbonyl (C=O) groups is 1. The molecule has 0 saturated carbocycles. The number of hydrogen-bond donors (Lipinski definition) is 0. The summed E-state index contributed by atoms with van der Waals surface area (Å²) in [5, 5.41) is 9.29. The van der Waals surface area contributed by atoms with E-state index in [1.54, 1.807) is 24.3 Å². The molecule has 90 valence electrons. The third-order valence-corrected chi connectivity index (χ3v) is 2.55. The molecule has 0 fully saturated rings. The molecule has 0 amide bonds. The van der Waals surface area contributed by atoms with Crippen LogP contribution in [0.15, 0.2) is 24.3 Å². The molecule has 0 spiro atoms. The molecule has 17 heavy (non-hydrogen) atoms. The maximum absolute atomic E-state index is 11.8. The molecule has 0 aromatic heterocycles. The number of ether oxygens (including phenoxy) is 1. The summed E-state index contributed by atoms with van der Waals surface area (Å²) in [4.78, 5) is 11.8. The van der Waals surface area contributed by atoms with Gasteiger partial charge in [-0.05, 0) is 12.1 Å². The summed E-state index contributed by atoms with van der Waals surface area (Å²) in [7, 11) is 0. The lowest BCUT2D eigenvalue weighted by atomic mass is 9.90. The van der Waals surface area contributed by atoms with E-state index in [-0.39, 0.29) is 5.56 Å². The summed E-state index contributed by atoms with van der Waals surface area (Å²) in [5.41, 5.74) is -0.148. The van der Waals surface area contributed by atoms with Crippen molar-refractivity contribution in [1.29, 1.82) is 5.26 Å². The summed E-state index contributed by atoms with van der Waals surface area (Å²) in [6, 6.07) is 8.58. The van der Waals surface area contributed by atoms with Crippen molar-refractivity contribution < 1.29 is 9.53 Å². The van der Waals surface area contributed by atoms with Crippen molar-refractivity contribution in [2.75, 3.05) is 0 Å². The van der Waals surface area contributed by atoms with Gasteiger partial charge in [0.15, 0.2) is 6.10 Å². The van der Waals surface area contributed by atoms with Crippen LogP contribution in [0.1, 0.15) is 31.1 Å². The van der Waals surface area contributed by atoms with E-state index in [1.807, 2.05) is 26.8 Å². The molecule has 1 aromatic rings. The van der Waals surface area contributed by atoms with Crippen LogP contribution in [-0.4, -0.2) is 12.1 Å². The highest BCUT2D eigenvalue weighted by atomic mass is 35.5. The van der Waals surface area contributed by atoms with E-state index in [0.29, 0.717) is 5.02 Å². The molecule has 0 heterocycles. The van der Waals surface area contributed by atoms with Crippen LogP contribution in [0, 0.1) is 16.7 Å². The SMILES string of the molecule is CC(C)(C)[C@@H](C#N)OC(=O)c1ccccc1Cl. The van der Waals surface area contributed by atoms with Crippen LogP contribution in [0.25, 0.3) is 0 Å². The number of hydrogen-bond acceptors (Lipinski definition) is 3. The highest BCUT2D eigenvalue weighted by molar-refractivity contribution is 6.33. The lowest BCUT2D eigenvalue weighted by Gasteiger charge is -2.24. The molecule has 0 aliphatic heterocycles. The zero-order chi connectivity index (χ0) is 13.1. The van der Waals surface area contributed by atoms with E-state index in [0.717, 1.165) is 0 Å². The van der Waals surface area contributed by atoms with Crippen LogP contribution in [0.5, 0.6) is 0 Å². The van der Waals surface area contributed by atoms with Gasteiger partial charge in [-0.25, -0.2) is 4.79 Å².